The zero-order valence-corrected chi connectivity index (χ0v) is 17.3. The second kappa shape index (κ2) is 8.86. The number of rotatable bonds is 6. The third-order valence-corrected chi connectivity index (χ3v) is 6.56. The van der Waals surface area contributed by atoms with Crippen LogP contribution in [0.1, 0.15) is 54.4 Å². The normalized spacial score (nSPS) is 17.8. The lowest BCUT2D eigenvalue weighted by atomic mass is 9.79. The molecule has 2 fully saturated rings. The van der Waals surface area contributed by atoms with Crippen molar-refractivity contribution in [1.82, 2.24) is 14.8 Å². The molecule has 2 aromatic rings. The average Bonchev–Trinajstić information content (AvgIpc) is 3.47. The molecule has 1 saturated heterocycles. The van der Waals surface area contributed by atoms with Crippen LogP contribution in [0.4, 0.5) is 0 Å². The Bertz CT molecular complexity index is 955. The van der Waals surface area contributed by atoms with Crippen LogP contribution >= 0.6 is 0 Å². The fourth-order valence-electron chi connectivity index (χ4n) is 4.80. The van der Waals surface area contributed by atoms with Crippen LogP contribution in [0.3, 0.4) is 0 Å². The smallest absolute Gasteiger partial charge is 0.263 e. The third kappa shape index (κ3) is 4.18. The van der Waals surface area contributed by atoms with Gasteiger partial charge in [-0.25, -0.2) is 0 Å². The molecule has 0 unspecified atom stereocenters. The van der Waals surface area contributed by atoms with Crippen molar-refractivity contribution in [2.45, 2.75) is 50.5 Å². The molecule has 1 aliphatic carbocycles. The summed E-state index contributed by atoms with van der Waals surface area (Å²) in [6.45, 7) is 1.98. The van der Waals surface area contributed by atoms with E-state index in [0.29, 0.717) is 6.54 Å². The second-order valence-electron chi connectivity index (χ2n) is 8.48. The highest BCUT2D eigenvalue weighted by molar-refractivity contribution is 5.94. The molecule has 30 heavy (non-hydrogen) atoms. The zero-order chi connectivity index (χ0) is 21.0. The molecule has 1 aromatic heterocycles. The minimum Gasteiger partial charge on any atom is -0.351 e. The number of aromatic nitrogens is 1. The molecule has 0 atom stereocenters. The molecule has 2 aliphatic rings. The summed E-state index contributed by atoms with van der Waals surface area (Å²) in [4.78, 5) is 39.9. The van der Waals surface area contributed by atoms with E-state index >= 15 is 0 Å². The Morgan fingerprint density at radius 1 is 0.933 bits per heavy atom. The number of pyridine rings is 1. The predicted octanol–water partition coefficient (Wildman–Crippen LogP) is 2.71. The van der Waals surface area contributed by atoms with E-state index in [0.717, 1.165) is 51.6 Å². The molecule has 4 rings (SSSR count). The van der Waals surface area contributed by atoms with Gasteiger partial charge in [-0.3, -0.25) is 14.4 Å². The molecule has 0 spiro atoms. The van der Waals surface area contributed by atoms with Crippen LogP contribution in [-0.2, 0) is 16.8 Å². The van der Waals surface area contributed by atoms with Crippen LogP contribution in [-0.4, -0.2) is 40.9 Å². The van der Waals surface area contributed by atoms with Gasteiger partial charge < -0.3 is 14.8 Å². The maximum Gasteiger partial charge on any atom is 0.263 e. The number of likely N-dealkylation sites (tertiary alicyclic amines) is 1. The van der Waals surface area contributed by atoms with Crippen molar-refractivity contribution < 1.29 is 9.59 Å². The van der Waals surface area contributed by atoms with E-state index in [1.165, 1.54) is 10.1 Å². The van der Waals surface area contributed by atoms with E-state index in [1.807, 2.05) is 18.2 Å². The molecule has 6 heteroatoms. The number of amides is 2. The van der Waals surface area contributed by atoms with Gasteiger partial charge in [0.2, 0.25) is 5.91 Å². The molecule has 0 radical (unpaired) electrons. The molecule has 6 nitrogen and oxygen atoms in total. The number of nitrogens with zero attached hydrogens (tertiary/aromatic N) is 2. The van der Waals surface area contributed by atoms with Gasteiger partial charge in [-0.1, -0.05) is 43.2 Å². The Labute approximate surface area is 176 Å². The Kier molecular flexibility index (Phi) is 6.02. The highest BCUT2D eigenvalue weighted by atomic mass is 16.2. The van der Waals surface area contributed by atoms with E-state index in [1.54, 1.807) is 23.2 Å². The van der Waals surface area contributed by atoms with Crippen LogP contribution < -0.4 is 10.9 Å². The van der Waals surface area contributed by atoms with E-state index in [9.17, 15) is 14.4 Å². The predicted molar refractivity (Wildman–Crippen MR) is 115 cm³/mol. The first-order chi connectivity index (χ1) is 14.6. The maximum atomic E-state index is 12.9. The van der Waals surface area contributed by atoms with Gasteiger partial charge in [-0.15, -0.1) is 0 Å². The molecular weight excluding hydrogens is 378 g/mol. The molecule has 1 aromatic carbocycles. The van der Waals surface area contributed by atoms with Crippen LogP contribution in [0.15, 0.2) is 53.5 Å². The molecule has 1 saturated carbocycles. The number of benzene rings is 1. The van der Waals surface area contributed by atoms with Gasteiger partial charge in [0.25, 0.3) is 11.5 Å². The van der Waals surface area contributed by atoms with Crippen molar-refractivity contribution in [1.29, 1.82) is 0 Å². The minimum atomic E-state index is -0.414. The van der Waals surface area contributed by atoms with E-state index in [-0.39, 0.29) is 29.3 Å². The van der Waals surface area contributed by atoms with E-state index in [4.69, 9.17) is 0 Å². The Balaban J connectivity index is 1.47. The van der Waals surface area contributed by atoms with Gasteiger partial charge in [0, 0.05) is 31.2 Å². The molecule has 0 bridgehead atoms. The van der Waals surface area contributed by atoms with Gasteiger partial charge in [0.1, 0.15) is 12.1 Å². The SMILES string of the molecule is O=C(NCC1(c2ccccc2)CCCC1)c1cccn(CC(=O)N2CCCC2)c1=O. The Hall–Kier alpha value is -2.89. The summed E-state index contributed by atoms with van der Waals surface area (Å²) >= 11 is 0. The maximum absolute atomic E-state index is 12.9. The third-order valence-electron chi connectivity index (χ3n) is 6.56. The summed E-state index contributed by atoms with van der Waals surface area (Å²) in [6, 6.07) is 13.5. The van der Waals surface area contributed by atoms with Gasteiger partial charge >= 0.3 is 0 Å². The monoisotopic (exact) mass is 407 g/mol. The average molecular weight is 408 g/mol. The topological polar surface area (TPSA) is 71.4 Å². The molecule has 1 aliphatic heterocycles. The van der Waals surface area contributed by atoms with Gasteiger partial charge in [0.15, 0.2) is 0 Å². The van der Waals surface area contributed by atoms with Crippen molar-refractivity contribution in [2.24, 2.45) is 0 Å². The number of nitrogens with one attached hydrogen (secondary N) is 1. The van der Waals surface area contributed by atoms with Crippen LogP contribution in [0, 0.1) is 0 Å². The first-order valence-electron chi connectivity index (χ1n) is 10.9. The summed E-state index contributed by atoms with van der Waals surface area (Å²) in [5.74, 6) is -0.439. The van der Waals surface area contributed by atoms with Crippen LogP contribution in [0.5, 0.6) is 0 Å². The summed E-state index contributed by atoms with van der Waals surface area (Å²) in [7, 11) is 0. The molecule has 2 amide bonds. The fourth-order valence-corrected chi connectivity index (χ4v) is 4.80. The first kappa shape index (κ1) is 20.4. The highest BCUT2D eigenvalue weighted by Crippen LogP contribution is 2.40. The second-order valence-corrected chi connectivity index (χ2v) is 8.48. The fraction of sp³-hybridized carbons (Fsp3) is 0.458. The molecule has 158 valence electrons. The van der Waals surface area contributed by atoms with Gasteiger partial charge in [-0.2, -0.15) is 0 Å². The number of hydrogen-bond acceptors (Lipinski definition) is 3. The standard InChI is InChI=1S/C24H29N3O3/c28-21(26-14-6-7-15-26)17-27-16-8-11-20(23(27)30)22(29)25-18-24(12-4-5-13-24)19-9-2-1-3-10-19/h1-3,8-11,16H,4-7,12-15,17-18H2,(H,25,29). The first-order valence-corrected chi connectivity index (χ1v) is 10.9. The quantitative estimate of drug-likeness (QED) is 0.800. The number of carbonyl (C=O) groups excluding carboxylic acids is 2. The number of hydrogen-bond donors (Lipinski definition) is 1. The van der Waals surface area contributed by atoms with Crippen molar-refractivity contribution >= 4 is 11.8 Å². The van der Waals surface area contributed by atoms with E-state index in [2.05, 4.69) is 17.4 Å². The largest absolute Gasteiger partial charge is 0.351 e. The molecular formula is C24H29N3O3. The summed E-state index contributed by atoms with van der Waals surface area (Å²) in [5, 5.41) is 3.01. The Morgan fingerprint density at radius 3 is 2.33 bits per heavy atom. The lowest BCUT2D eigenvalue weighted by Gasteiger charge is -2.30. The summed E-state index contributed by atoms with van der Waals surface area (Å²) in [6.07, 6.45) is 7.93. The van der Waals surface area contributed by atoms with E-state index < -0.39 is 5.56 Å². The zero-order valence-electron chi connectivity index (χ0n) is 17.3. The summed E-state index contributed by atoms with van der Waals surface area (Å²) in [5.41, 5.74) is 0.844. The van der Waals surface area contributed by atoms with Crippen molar-refractivity contribution in [3.05, 3.63) is 70.1 Å². The van der Waals surface area contributed by atoms with Gasteiger partial charge in [-0.05, 0) is 43.4 Å². The van der Waals surface area contributed by atoms with Crippen LogP contribution in [0.25, 0.3) is 0 Å². The molecule has 2 heterocycles. The molecule has 1 N–H and O–H groups in total. The van der Waals surface area contributed by atoms with Crippen molar-refractivity contribution in [3.63, 3.8) is 0 Å². The van der Waals surface area contributed by atoms with Crippen molar-refractivity contribution in [2.75, 3.05) is 19.6 Å². The Morgan fingerprint density at radius 2 is 1.63 bits per heavy atom. The van der Waals surface area contributed by atoms with Gasteiger partial charge in [0.05, 0.1) is 0 Å². The number of carbonyl (C=O) groups is 2. The lowest BCUT2D eigenvalue weighted by Crippen LogP contribution is -2.42. The van der Waals surface area contributed by atoms with Crippen molar-refractivity contribution in [3.8, 4) is 0 Å². The van der Waals surface area contributed by atoms with Crippen LogP contribution in [0.2, 0.25) is 0 Å². The lowest BCUT2D eigenvalue weighted by molar-refractivity contribution is -0.130. The highest BCUT2D eigenvalue weighted by Gasteiger charge is 2.36. The summed E-state index contributed by atoms with van der Waals surface area (Å²) < 4.78 is 1.35. The minimum absolute atomic E-state index is 0.0199.